The van der Waals surface area contributed by atoms with Gasteiger partial charge in [-0.05, 0) is 29.3 Å². The molecular formula is C25H21N3O6. The van der Waals surface area contributed by atoms with Gasteiger partial charge in [0.25, 0.3) is 17.5 Å². The van der Waals surface area contributed by atoms with Crippen molar-refractivity contribution in [3.05, 3.63) is 117 Å². The number of carbonyl (C=O) groups excluding carboxylic acids is 2. The van der Waals surface area contributed by atoms with Gasteiger partial charge in [0.15, 0.2) is 0 Å². The molecule has 2 amide bonds. The van der Waals surface area contributed by atoms with Gasteiger partial charge in [0.2, 0.25) is 0 Å². The number of carboxylic acids is 1. The van der Waals surface area contributed by atoms with E-state index in [2.05, 4.69) is 10.6 Å². The van der Waals surface area contributed by atoms with Crippen LogP contribution in [0.2, 0.25) is 0 Å². The van der Waals surface area contributed by atoms with E-state index >= 15 is 0 Å². The Labute approximate surface area is 194 Å². The van der Waals surface area contributed by atoms with Crippen molar-refractivity contribution in [3.63, 3.8) is 0 Å². The molecule has 3 aromatic rings. The van der Waals surface area contributed by atoms with E-state index < -0.39 is 28.7 Å². The highest BCUT2D eigenvalue weighted by molar-refractivity contribution is 6.06. The molecule has 0 aliphatic heterocycles. The van der Waals surface area contributed by atoms with Crippen molar-refractivity contribution < 1.29 is 24.4 Å². The van der Waals surface area contributed by atoms with Gasteiger partial charge in [-0.3, -0.25) is 19.7 Å². The molecule has 0 aliphatic rings. The summed E-state index contributed by atoms with van der Waals surface area (Å²) in [5.41, 5.74) is 0.804. The van der Waals surface area contributed by atoms with Crippen LogP contribution in [-0.4, -0.2) is 33.9 Å². The van der Waals surface area contributed by atoms with E-state index in [0.717, 1.165) is 0 Å². The fourth-order valence-corrected chi connectivity index (χ4v) is 3.12. The third-order valence-electron chi connectivity index (χ3n) is 4.81. The van der Waals surface area contributed by atoms with Crippen molar-refractivity contribution in [2.45, 2.75) is 12.5 Å². The number of amides is 2. The monoisotopic (exact) mass is 459 g/mol. The highest BCUT2D eigenvalue weighted by Crippen LogP contribution is 2.16. The highest BCUT2D eigenvalue weighted by Gasteiger charge is 2.23. The number of nitrogens with one attached hydrogen (secondary N) is 2. The molecule has 34 heavy (non-hydrogen) atoms. The maximum atomic E-state index is 13.0. The van der Waals surface area contributed by atoms with Gasteiger partial charge in [-0.1, -0.05) is 60.7 Å². The number of nitro groups is 1. The van der Waals surface area contributed by atoms with Gasteiger partial charge in [0.1, 0.15) is 11.7 Å². The highest BCUT2D eigenvalue weighted by atomic mass is 16.6. The van der Waals surface area contributed by atoms with Crippen molar-refractivity contribution in [1.82, 2.24) is 10.6 Å². The smallest absolute Gasteiger partial charge is 0.326 e. The van der Waals surface area contributed by atoms with Crippen LogP contribution in [0.1, 0.15) is 21.5 Å². The summed E-state index contributed by atoms with van der Waals surface area (Å²) in [5, 5.41) is 25.6. The summed E-state index contributed by atoms with van der Waals surface area (Å²) in [7, 11) is 0. The molecule has 1 unspecified atom stereocenters. The van der Waals surface area contributed by atoms with Crippen molar-refractivity contribution in [2.24, 2.45) is 0 Å². The fraction of sp³-hybridized carbons (Fsp3) is 0.0800. The standard InChI is InChI=1S/C25H21N3O6/c29-23(19-11-5-2-6-12-19)26-21(16-18-10-7-13-20(14-18)28(33)34)24(30)27-22(25(31)32)15-17-8-3-1-4-9-17/h1-14,16,22H,15H2,(H,26,29)(H,27,30)(H,31,32). The Balaban J connectivity index is 1.90. The molecule has 0 aromatic heterocycles. The zero-order valence-corrected chi connectivity index (χ0v) is 17.9. The van der Waals surface area contributed by atoms with Gasteiger partial charge < -0.3 is 15.7 Å². The summed E-state index contributed by atoms with van der Waals surface area (Å²) in [6.45, 7) is 0. The van der Waals surface area contributed by atoms with E-state index in [-0.39, 0.29) is 28.9 Å². The number of nitro benzene ring substituents is 1. The number of carboxylic acid groups (broad SMARTS) is 1. The molecule has 3 N–H and O–H groups in total. The lowest BCUT2D eigenvalue weighted by molar-refractivity contribution is -0.384. The van der Waals surface area contributed by atoms with Crippen LogP contribution in [0.5, 0.6) is 0 Å². The van der Waals surface area contributed by atoms with E-state index in [1.165, 1.54) is 30.3 Å². The Morgan fingerprint density at radius 3 is 2.21 bits per heavy atom. The Kier molecular flexibility index (Phi) is 7.85. The fourth-order valence-electron chi connectivity index (χ4n) is 3.12. The largest absolute Gasteiger partial charge is 0.480 e. The first-order chi connectivity index (χ1) is 16.3. The molecule has 0 saturated heterocycles. The maximum Gasteiger partial charge on any atom is 0.326 e. The van der Waals surface area contributed by atoms with Crippen LogP contribution >= 0.6 is 0 Å². The molecule has 0 bridgehead atoms. The van der Waals surface area contributed by atoms with Gasteiger partial charge >= 0.3 is 5.97 Å². The van der Waals surface area contributed by atoms with Crippen LogP contribution in [0, 0.1) is 10.1 Å². The van der Waals surface area contributed by atoms with Gasteiger partial charge in [-0.2, -0.15) is 0 Å². The number of carbonyl (C=O) groups is 3. The SMILES string of the molecule is O=C(NC(Cc1ccccc1)C(=O)O)C(=Cc1cccc([N+](=O)[O-])c1)NC(=O)c1ccccc1. The van der Waals surface area contributed by atoms with Gasteiger partial charge in [-0.25, -0.2) is 4.79 Å². The first kappa shape index (κ1) is 23.9. The molecule has 172 valence electrons. The molecule has 0 fully saturated rings. The van der Waals surface area contributed by atoms with E-state index in [1.807, 2.05) is 0 Å². The zero-order valence-electron chi connectivity index (χ0n) is 17.9. The van der Waals surface area contributed by atoms with Crippen molar-refractivity contribution >= 4 is 29.5 Å². The number of benzene rings is 3. The predicted molar refractivity (Wildman–Crippen MR) is 125 cm³/mol. The molecule has 9 heteroatoms. The summed E-state index contributed by atoms with van der Waals surface area (Å²) >= 11 is 0. The average Bonchev–Trinajstić information content (AvgIpc) is 2.84. The number of hydrogen-bond acceptors (Lipinski definition) is 5. The third-order valence-corrected chi connectivity index (χ3v) is 4.81. The minimum atomic E-state index is -1.27. The molecule has 0 radical (unpaired) electrons. The molecule has 0 aliphatic carbocycles. The van der Waals surface area contributed by atoms with Crippen LogP contribution in [0.4, 0.5) is 5.69 Å². The lowest BCUT2D eigenvalue weighted by Gasteiger charge is -2.17. The summed E-state index contributed by atoms with van der Waals surface area (Å²) in [5.74, 6) is -2.69. The minimum absolute atomic E-state index is 0.0264. The number of non-ortho nitro benzene ring substituents is 1. The lowest BCUT2D eigenvalue weighted by atomic mass is 10.1. The lowest BCUT2D eigenvalue weighted by Crippen LogP contribution is -2.45. The first-order valence-corrected chi connectivity index (χ1v) is 10.2. The van der Waals surface area contributed by atoms with Gasteiger partial charge in [0, 0.05) is 24.1 Å². The first-order valence-electron chi connectivity index (χ1n) is 10.2. The molecule has 0 spiro atoms. The van der Waals surface area contributed by atoms with Crippen LogP contribution in [0.15, 0.2) is 90.6 Å². The Morgan fingerprint density at radius 2 is 1.59 bits per heavy atom. The van der Waals surface area contributed by atoms with Crippen molar-refractivity contribution in [2.75, 3.05) is 0 Å². The molecule has 0 saturated carbocycles. The van der Waals surface area contributed by atoms with Crippen LogP contribution in [-0.2, 0) is 16.0 Å². The average molecular weight is 459 g/mol. The van der Waals surface area contributed by atoms with Gasteiger partial charge in [-0.15, -0.1) is 0 Å². The number of rotatable bonds is 9. The summed E-state index contributed by atoms with van der Waals surface area (Å²) < 4.78 is 0. The van der Waals surface area contributed by atoms with Crippen LogP contribution in [0.3, 0.4) is 0 Å². The van der Waals surface area contributed by atoms with E-state index in [9.17, 15) is 29.6 Å². The molecule has 1 atom stereocenters. The zero-order chi connectivity index (χ0) is 24.5. The van der Waals surface area contributed by atoms with E-state index in [0.29, 0.717) is 5.56 Å². The number of hydrogen-bond donors (Lipinski definition) is 3. The normalized spacial score (nSPS) is 11.8. The van der Waals surface area contributed by atoms with Crippen LogP contribution in [0.25, 0.3) is 6.08 Å². The Bertz CT molecular complexity index is 1230. The van der Waals surface area contributed by atoms with Crippen molar-refractivity contribution in [1.29, 1.82) is 0 Å². The summed E-state index contributed by atoms with van der Waals surface area (Å²) in [6, 6.07) is 21.1. The molecule has 3 rings (SSSR count). The molecule has 0 heterocycles. The molecule has 3 aromatic carbocycles. The topological polar surface area (TPSA) is 139 Å². The summed E-state index contributed by atoms with van der Waals surface area (Å²) in [6.07, 6.45) is 1.28. The maximum absolute atomic E-state index is 13.0. The second kappa shape index (κ2) is 11.2. The predicted octanol–water partition coefficient (Wildman–Crippen LogP) is 3.18. The minimum Gasteiger partial charge on any atom is -0.480 e. The number of nitrogens with zero attached hydrogens (tertiary/aromatic N) is 1. The Morgan fingerprint density at radius 1 is 0.941 bits per heavy atom. The van der Waals surface area contributed by atoms with E-state index in [1.54, 1.807) is 60.7 Å². The second-order valence-electron chi connectivity index (χ2n) is 7.28. The van der Waals surface area contributed by atoms with Gasteiger partial charge in [0.05, 0.1) is 4.92 Å². The van der Waals surface area contributed by atoms with E-state index in [4.69, 9.17) is 0 Å². The quantitative estimate of drug-likeness (QED) is 0.255. The molecule has 9 nitrogen and oxygen atoms in total. The third kappa shape index (κ3) is 6.60. The summed E-state index contributed by atoms with van der Waals surface area (Å²) in [4.78, 5) is 48.0. The Hall–Kier alpha value is -4.79. The van der Waals surface area contributed by atoms with Crippen molar-refractivity contribution in [3.8, 4) is 0 Å². The second-order valence-corrected chi connectivity index (χ2v) is 7.28. The van der Waals surface area contributed by atoms with Crippen LogP contribution < -0.4 is 10.6 Å². The molecular weight excluding hydrogens is 438 g/mol. The number of aliphatic carboxylic acids is 1.